The number of esters is 1. The van der Waals surface area contributed by atoms with Gasteiger partial charge in [-0.05, 0) is 38.5 Å². The molecule has 1 unspecified atom stereocenters. The zero-order valence-corrected chi connectivity index (χ0v) is 11.3. The first-order valence-corrected chi connectivity index (χ1v) is 6.67. The van der Waals surface area contributed by atoms with Crippen molar-refractivity contribution in [2.75, 3.05) is 13.2 Å². The highest BCUT2D eigenvalue weighted by molar-refractivity contribution is 5.78. The van der Waals surface area contributed by atoms with E-state index in [1.807, 2.05) is 0 Å². The molecule has 0 aromatic heterocycles. The van der Waals surface area contributed by atoms with E-state index in [9.17, 15) is 9.59 Å². The normalized spacial score (nSPS) is 17.1. The van der Waals surface area contributed by atoms with Crippen molar-refractivity contribution in [2.24, 2.45) is 5.92 Å². The van der Waals surface area contributed by atoms with Crippen LogP contribution in [-0.2, 0) is 19.1 Å². The van der Waals surface area contributed by atoms with Crippen molar-refractivity contribution in [3.8, 4) is 12.3 Å². The van der Waals surface area contributed by atoms with Gasteiger partial charge in [0, 0.05) is 6.61 Å². The Morgan fingerprint density at radius 3 is 2.84 bits per heavy atom. The summed E-state index contributed by atoms with van der Waals surface area (Å²) in [6.07, 6.45) is 9.18. The standard InChI is InChI=1S/C14H21NO4/c1-3-13(11-7-8-11)19-9-5-6-12(15-10-16)14(17)18-4-2/h1,10-13H,4-9H2,2H3,(H,15,16)/t12?,13-/m0/s1. The number of hydrogen-bond donors (Lipinski definition) is 1. The zero-order valence-electron chi connectivity index (χ0n) is 11.3. The van der Waals surface area contributed by atoms with Crippen LogP contribution in [0.4, 0.5) is 0 Å². The van der Waals surface area contributed by atoms with Crippen LogP contribution in [0, 0.1) is 18.3 Å². The van der Waals surface area contributed by atoms with E-state index in [1.165, 1.54) is 0 Å². The van der Waals surface area contributed by atoms with Crippen molar-refractivity contribution in [2.45, 2.75) is 44.8 Å². The van der Waals surface area contributed by atoms with Gasteiger partial charge in [0.15, 0.2) is 0 Å². The fourth-order valence-corrected chi connectivity index (χ4v) is 1.81. The molecule has 0 bridgehead atoms. The fourth-order valence-electron chi connectivity index (χ4n) is 1.81. The van der Waals surface area contributed by atoms with Crippen LogP contribution in [0.5, 0.6) is 0 Å². The molecule has 1 rings (SSSR count). The van der Waals surface area contributed by atoms with Crippen LogP contribution in [0.15, 0.2) is 0 Å². The molecular weight excluding hydrogens is 246 g/mol. The smallest absolute Gasteiger partial charge is 0.328 e. The van der Waals surface area contributed by atoms with E-state index < -0.39 is 12.0 Å². The third kappa shape index (κ3) is 5.75. The van der Waals surface area contributed by atoms with Gasteiger partial charge >= 0.3 is 5.97 Å². The number of carbonyl (C=O) groups is 2. The average molecular weight is 267 g/mol. The van der Waals surface area contributed by atoms with Gasteiger partial charge in [-0.25, -0.2) is 4.79 Å². The van der Waals surface area contributed by atoms with Crippen LogP contribution in [0.25, 0.3) is 0 Å². The lowest BCUT2D eigenvalue weighted by Gasteiger charge is -2.15. The van der Waals surface area contributed by atoms with Gasteiger partial charge in [0.05, 0.1) is 6.61 Å². The molecule has 1 fully saturated rings. The summed E-state index contributed by atoms with van der Waals surface area (Å²) in [7, 11) is 0. The molecule has 5 nitrogen and oxygen atoms in total. The zero-order chi connectivity index (χ0) is 14.1. The Morgan fingerprint density at radius 1 is 1.58 bits per heavy atom. The van der Waals surface area contributed by atoms with Crippen LogP contribution in [0.3, 0.4) is 0 Å². The number of nitrogens with one attached hydrogen (secondary N) is 1. The molecule has 1 N–H and O–H groups in total. The predicted octanol–water partition coefficient (Wildman–Crippen LogP) is 0.873. The molecule has 0 radical (unpaired) electrons. The van der Waals surface area contributed by atoms with Crippen LogP contribution in [0.1, 0.15) is 32.6 Å². The van der Waals surface area contributed by atoms with Gasteiger partial charge in [-0.3, -0.25) is 4.79 Å². The molecular formula is C14H21NO4. The summed E-state index contributed by atoms with van der Waals surface area (Å²) in [5.74, 6) is 2.72. The molecule has 1 aliphatic rings. The average Bonchev–Trinajstić information content (AvgIpc) is 3.22. The summed E-state index contributed by atoms with van der Waals surface area (Å²) in [5, 5.41) is 2.45. The highest BCUT2D eigenvalue weighted by Crippen LogP contribution is 2.34. The summed E-state index contributed by atoms with van der Waals surface area (Å²) in [4.78, 5) is 22.0. The van der Waals surface area contributed by atoms with E-state index in [1.54, 1.807) is 6.92 Å². The summed E-state index contributed by atoms with van der Waals surface area (Å²) in [6.45, 7) is 2.52. The van der Waals surface area contributed by atoms with Gasteiger partial charge in [-0.1, -0.05) is 5.92 Å². The Kier molecular flexibility index (Phi) is 6.98. The molecule has 5 heteroatoms. The minimum atomic E-state index is -0.605. The van der Waals surface area contributed by atoms with E-state index in [-0.39, 0.29) is 6.10 Å². The third-order valence-electron chi connectivity index (χ3n) is 2.99. The lowest BCUT2D eigenvalue weighted by atomic mass is 10.1. The molecule has 0 aromatic carbocycles. The van der Waals surface area contributed by atoms with E-state index in [0.29, 0.717) is 38.4 Å². The highest BCUT2D eigenvalue weighted by Gasteiger charge is 2.30. The maximum Gasteiger partial charge on any atom is 0.328 e. The quantitative estimate of drug-likeness (QED) is 0.276. The number of amides is 1. The lowest BCUT2D eigenvalue weighted by molar-refractivity contribution is -0.146. The molecule has 19 heavy (non-hydrogen) atoms. The minimum absolute atomic E-state index is 0.111. The second-order valence-electron chi connectivity index (χ2n) is 4.53. The maximum atomic E-state index is 11.5. The van der Waals surface area contributed by atoms with E-state index >= 15 is 0 Å². The minimum Gasteiger partial charge on any atom is -0.464 e. The number of terminal acetylenes is 1. The molecule has 0 aliphatic heterocycles. The second kappa shape index (κ2) is 8.54. The largest absolute Gasteiger partial charge is 0.464 e. The van der Waals surface area contributed by atoms with E-state index in [2.05, 4.69) is 11.2 Å². The molecule has 106 valence electrons. The predicted molar refractivity (Wildman–Crippen MR) is 70.2 cm³/mol. The maximum absolute atomic E-state index is 11.5. The van der Waals surface area contributed by atoms with Gasteiger partial charge in [-0.2, -0.15) is 0 Å². The summed E-state index contributed by atoms with van der Waals surface area (Å²) >= 11 is 0. The number of hydrogen-bond acceptors (Lipinski definition) is 4. The van der Waals surface area contributed by atoms with E-state index in [0.717, 1.165) is 12.8 Å². The third-order valence-corrected chi connectivity index (χ3v) is 2.99. The van der Waals surface area contributed by atoms with Crippen molar-refractivity contribution >= 4 is 12.4 Å². The van der Waals surface area contributed by atoms with Crippen molar-refractivity contribution in [1.29, 1.82) is 0 Å². The van der Waals surface area contributed by atoms with Crippen LogP contribution >= 0.6 is 0 Å². The molecule has 0 heterocycles. The van der Waals surface area contributed by atoms with E-state index in [4.69, 9.17) is 15.9 Å². The van der Waals surface area contributed by atoms with Gasteiger partial charge < -0.3 is 14.8 Å². The molecule has 0 spiro atoms. The molecule has 0 saturated heterocycles. The van der Waals surface area contributed by atoms with Gasteiger partial charge in [-0.15, -0.1) is 6.42 Å². The molecule has 1 aliphatic carbocycles. The number of ether oxygens (including phenoxy) is 2. The molecule has 1 saturated carbocycles. The summed E-state index contributed by atoms with van der Waals surface area (Å²) in [6, 6.07) is -0.605. The van der Waals surface area contributed by atoms with Crippen molar-refractivity contribution < 1.29 is 19.1 Å². The molecule has 1 amide bonds. The summed E-state index contributed by atoms with van der Waals surface area (Å²) < 4.78 is 10.4. The second-order valence-corrected chi connectivity index (χ2v) is 4.53. The topological polar surface area (TPSA) is 64.6 Å². The Balaban J connectivity index is 2.21. The first-order valence-electron chi connectivity index (χ1n) is 6.67. The van der Waals surface area contributed by atoms with Crippen molar-refractivity contribution in [1.82, 2.24) is 5.32 Å². The first kappa shape index (κ1) is 15.5. The first-order chi connectivity index (χ1) is 9.22. The fraction of sp³-hybridized carbons (Fsp3) is 0.714. The molecule has 0 aromatic rings. The van der Waals surface area contributed by atoms with Crippen molar-refractivity contribution in [3.63, 3.8) is 0 Å². The lowest BCUT2D eigenvalue weighted by Crippen LogP contribution is -2.37. The van der Waals surface area contributed by atoms with Gasteiger partial charge in [0.1, 0.15) is 12.1 Å². The Hall–Kier alpha value is -1.54. The van der Waals surface area contributed by atoms with Crippen molar-refractivity contribution in [3.05, 3.63) is 0 Å². The van der Waals surface area contributed by atoms with Gasteiger partial charge in [0.2, 0.25) is 6.41 Å². The Labute approximate surface area is 114 Å². The van der Waals surface area contributed by atoms with Crippen LogP contribution in [-0.4, -0.2) is 37.7 Å². The monoisotopic (exact) mass is 267 g/mol. The highest BCUT2D eigenvalue weighted by atomic mass is 16.5. The van der Waals surface area contributed by atoms with Gasteiger partial charge in [0.25, 0.3) is 0 Å². The Morgan fingerprint density at radius 2 is 2.32 bits per heavy atom. The Bertz CT molecular complexity index is 333. The van der Waals surface area contributed by atoms with Crippen LogP contribution in [0.2, 0.25) is 0 Å². The number of carbonyl (C=O) groups excluding carboxylic acids is 2. The number of rotatable bonds is 10. The molecule has 2 atom stereocenters. The van der Waals surface area contributed by atoms with Crippen LogP contribution < -0.4 is 5.32 Å². The SMILES string of the molecule is C#C[C@H](OCCCC(NC=O)C(=O)OCC)C1CC1. The summed E-state index contributed by atoms with van der Waals surface area (Å²) in [5.41, 5.74) is 0.